The number of carbonyl (C=O) groups excluding carboxylic acids is 3. The molecule has 2 atom stereocenters. The van der Waals surface area contributed by atoms with Gasteiger partial charge >= 0.3 is 6.09 Å². The molecule has 0 aliphatic carbocycles. The lowest BCUT2D eigenvalue weighted by Gasteiger charge is -2.25. The summed E-state index contributed by atoms with van der Waals surface area (Å²) in [6, 6.07) is 17.1. The molecule has 0 aliphatic heterocycles. The van der Waals surface area contributed by atoms with E-state index < -0.39 is 23.8 Å². The van der Waals surface area contributed by atoms with Gasteiger partial charge in [-0.1, -0.05) is 31.2 Å². The molecule has 0 unspecified atom stereocenters. The third-order valence-corrected chi connectivity index (χ3v) is 5.87. The van der Waals surface area contributed by atoms with E-state index in [-0.39, 0.29) is 17.6 Å². The Kier molecular flexibility index (Phi) is 9.59. The van der Waals surface area contributed by atoms with Crippen LogP contribution in [-0.2, 0) is 9.53 Å². The van der Waals surface area contributed by atoms with E-state index >= 15 is 0 Å². The molecule has 9 heteroatoms. The first kappa shape index (κ1) is 27.9. The first-order valence-corrected chi connectivity index (χ1v) is 12.0. The number of hydrogen-bond acceptors (Lipinski definition) is 6. The molecular formula is C29H30FN3O5. The monoisotopic (exact) mass is 519 g/mol. The van der Waals surface area contributed by atoms with Crippen LogP contribution in [-0.4, -0.2) is 22.9 Å². The number of hydrogen-bond donors (Lipinski definition) is 4. The van der Waals surface area contributed by atoms with Crippen molar-refractivity contribution in [2.75, 3.05) is 16.4 Å². The number of amides is 2. The zero-order valence-electron chi connectivity index (χ0n) is 21.1. The molecule has 3 rings (SSSR count). The van der Waals surface area contributed by atoms with E-state index in [1.165, 1.54) is 25.1 Å². The van der Waals surface area contributed by atoms with Crippen LogP contribution < -0.4 is 16.4 Å². The summed E-state index contributed by atoms with van der Waals surface area (Å²) in [5, 5.41) is 14.9. The van der Waals surface area contributed by atoms with Crippen molar-refractivity contribution in [2.24, 2.45) is 5.92 Å². The zero-order chi connectivity index (χ0) is 27.7. The number of phenolic OH excluding ortho intramolecular Hbond substituents is 1. The van der Waals surface area contributed by atoms with Crippen molar-refractivity contribution in [3.8, 4) is 5.75 Å². The maximum atomic E-state index is 14.1. The van der Waals surface area contributed by atoms with Crippen molar-refractivity contribution in [1.29, 1.82) is 0 Å². The van der Waals surface area contributed by atoms with Gasteiger partial charge in [-0.3, -0.25) is 14.9 Å². The minimum atomic E-state index is -0.840. The summed E-state index contributed by atoms with van der Waals surface area (Å²) in [5.41, 5.74) is 8.11. The smallest absolute Gasteiger partial charge is 0.412 e. The van der Waals surface area contributed by atoms with E-state index in [4.69, 9.17) is 10.5 Å². The van der Waals surface area contributed by atoms with Crippen molar-refractivity contribution in [2.45, 2.75) is 32.8 Å². The maximum Gasteiger partial charge on any atom is 0.412 e. The third kappa shape index (κ3) is 7.92. The Labute approximate surface area is 220 Å². The van der Waals surface area contributed by atoms with Crippen molar-refractivity contribution in [3.63, 3.8) is 0 Å². The van der Waals surface area contributed by atoms with Gasteiger partial charge in [0, 0.05) is 11.3 Å². The van der Waals surface area contributed by atoms with Crippen molar-refractivity contribution < 1.29 is 28.6 Å². The SMILES string of the molecule is CC(=O)c1ccc(NC(=O)O[C@@H](c2ccc(O)c(F)c2)[C@@H](C)CC/C=C/C(=O)Nc2ccccc2N)cc1. The predicted octanol–water partition coefficient (Wildman–Crippen LogP) is 6.22. The molecule has 0 bridgehead atoms. The number of benzene rings is 3. The third-order valence-electron chi connectivity index (χ3n) is 5.87. The fourth-order valence-corrected chi connectivity index (χ4v) is 3.75. The molecule has 0 aliphatic rings. The number of rotatable bonds is 10. The molecule has 0 saturated carbocycles. The molecule has 2 amide bonds. The summed E-state index contributed by atoms with van der Waals surface area (Å²) in [4.78, 5) is 36.3. The topological polar surface area (TPSA) is 131 Å². The first-order valence-electron chi connectivity index (χ1n) is 12.0. The average Bonchev–Trinajstić information content (AvgIpc) is 2.88. The van der Waals surface area contributed by atoms with Gasteiger partial charge in [0.15, 0.2) is 17.3 Å². The fourth-order valence-electron chi connectivity index (χ4n) is 3.75. The number of nitrogens with one attached hydrogen (secondary N) is 2. The number of phenols is 1. The number of nitrogen functional groups attached to an aromatic ring is 1. The number of ketones is 1. The van der Waals surface area contributed by atoms with Gasteiger partial charge in [-0.25, -0.2) is 9.18 Å². The summed E-state index contributed by atoms with van der Waals surface area (Å²) in [6.07, 6.45) is 2.47. The number of allylic oxidation sites excluding steroid dienone is 1. The predicted molar refractivity (Wildman–Crippen MR) is 144 cm³/mol. The number of halogens is 1. The molecule has 198 valence electrons. The molecule has 3 aromatic carbocycles. The van der Waals surface area contributed by atoms with Gasteiger partial charge in [0.2, 0.25) is 5.91 Å². The van der Waals surface area contributed by atoms with E-state index in [2.05, 4.69) is 10.6 Å². The summed E-state index contributed by atoms with van der Waals surface area (Å²) in [5.74, 6) is -2.05. The first-order chi connectivity index (χ1) is 18.1. The van der Waals surface area contributed by atoms with Crippen LogP contribution in [0.4, 0.5) is 26.2 Å². The quantitative estimate of drug-likeness (QED) is 0.143. The molecule has 38 heavy (non-hydrogen) atoms. The Bertz CT molecular complexity index is 1320. The molecule has 8 nitrogen and oxygen atoms in total. The van der Waals surface area contributed by atoms with Crippen molar-refractivity contribution in [3.05, 3.63) is 95.8 Å². The lowest BCUT2D eigenvalue weighted by Crippen LogP contribution is -2.22. The van der Waals surface area contributed by atoms with Crippen LogP contribution >= 0.6 is 0 Å². The average molecular weight is 520 g/mol. The fraction of sp³-hybridized carbons (Fsp3) is 0.207. The molecule has 0 heterocycles. The Morgan fingerprint density at radius 1 is 1.05 bits per heavy atom. The van der Waals surface area contributed by atoms with E-state index in [0.29, 0.717) is 41.0 Å². The highest BCUT2D eigenvalue weighted by molar-refractivity contribution is 6.01. The molecule has 0 spiro atoms. The Hall–Kier alpha value is -4.66. The standard InChI is InChI=1S/C29H30FN3O5/c1-18(7-3-6-10-27(36)33-25-9-5-4-8-24(25)31)28(21-13-16-26(35)23(30)17-21)38-29(37)32-22-14-11-20(12-15-22)19(2)34/h4-6,8-18,28,35H,3,7,31H2,1-2H3,(H,32,37)(H,33,36)/b10-6+/t18-,28+/m0/s1. The van der Waals surface area contributed by atoms with Gasteiger partial charge in [0.1, 0.15) is 6.10 Å². The second kappa shape index (κ2) is 13.0. The van der Waals surface area contributed by atoms with E-state index in [9.17, 15) is 23.9 Å². The normalized spacial score (nSPS) is 12.5. The van der Waals surface area contributed by atoms with Crippen LogP contribution in [0.15, 0.2) is 78.9 Å². The number of Topliss-reactive ketones (excluding diaryl/α,β-unsaturated/α-hetero) is 1. The largest absolute Gasteiger partial charge is 0.505 e. The molecule has 0 fully saturated rings. The van der Waals surface area contributed by atoms with E-state index in [1.807, 2.05) is 6.92 Å². The highest BCUT2D eigenvalue weighted by Gasteiger charge is 2.24. The minimum absolute atomic E-state index is 0.0990. The van der Waals surface area contributed by atoms with Crippen LogP contribution in [0.2, 0.25) is 0 Å². The van der Waals surface area contributed by atoms with Crippen molar-refractivity contribution >= 4 is 34.8 Å². The van der Waals surface area contributed by atoms with Gasteiger partial charge in [-0.2, -0.15) is 0 Å². The maximum absolute atomic E-state index is 14.1. The Balaban J connectivity index is 1.64. The summed E-state index contributed by atoms with van der Waals surface area (Å²) in [7, 11) is 0. The van der Waals surface area contributed by atoms with Gasteiger partial charge in [0.05, 0.1) is 11.4 Å². The number of para-hydroxylation sites is 2. The summed E-state index contributed by atoms with van der Waals surface area (Å²) < 4.78 is 19.8. The molecule has 5 N–H and O–H groups in total. The van der Waals surface area contributed by atoms with Crippen LogP contribution in [0.25, 0.3) is 0 Å². The van der Waals surface area contributed by atoms with Gasteiger partial charge in [-0.15, -0.1) is 0 Å². The van der Waals surface area contributed by atoms with Crippen LogP contribution in [0, 0.1) is 11.7 Å². The molecule has 3 aromatic rings. The highest BCUT2D eigenvalue weighted by Crippen LogP contribution is 2.32. The van der Waals surface area contributed by atoms with E-state index in [0.717, 1.165) is 6.07 Å². The minimum Gasteiger partial charge on any atom is -0.505 e. The number of ether oxygens (including phenoxy) is 1. The number of nitrogens with two attached hydrogens (primary N) is 1. The van der Waals surface area contributed by atoms with Crippen LogP contribution in [0.3, 0.4) is 0 Å². The molecule has 0 aromatic heterocycles. The summed E-state index contributed by atoms with van der Waals surface area (Å²) >= 11 is 0. The van der Waals surface area contributed by atoms with Crippen LogP contribution in [0.5, 0.6) is 5.75 Å². The van der Waals surface area contributed by atoms with Crippen LogP contribution in [0.1, 0.15) is 48.7 Å². The van der Waals surface area contributed by atoms with Gasteiger partial charge < -0.3 is 20.9 Å². The van der Waals surface area contributed by atoms with Crippen molar-refractivity contribution in [1.82, 2.24) is 0 Å². The molecular weight excluding hydrogens is 489 g/mol. The van der Waals surface area contributed by atoms with E-state index in [1.54, 1.807) is 54.6 Å². The number of aromatic hydroxyl groups is 1. The lowest BCUT2D eigenvalue weighted by atomic mass is 9.93. The Morgan fingerprint density at radius 2 is 1.76 bits per heavy atom. The highest BCUT2D eigenvalue weighted by atomic mass is 19.1. The number of anilines is 3. The van der Waals surface area contributed by atoms with Gasteiger partial charge in [-0.05, 0) is 85.9 Å². The Morgan fingerprint density at radius 3 is 2.42 bits per heavy atom. The molecule has 0 radical (unpaired) electrons. The number of carbonyl (C=O) groups is 3. The lowest BCUT2D eigenvalue weighted by molar-refractivity contribution is -0.111. The second-order valence-corrected chi connectivity index (χ2v) is 8.83. The van der Waals surface area contributed by atoms with Gasteiger partial charge in [0.25, 0.3) is 0 Å². The molecule has 0 saturated heterocycles. The zero-order valence-corrected chi connectivity index (χ0v) is 21.1. The summed E-state index contributed by atoms with van der Waals surface area (Å²) in [6.45, 7) is 3.28. The second-order valence-electron chi connectivity index (χ2n) is 8.83.